The topological polar surface area (TPSA) is 47.3 Å². The normalized spacial score (nSPS) is 11.3. The molecule has 5 heteroatoms. The molecule has 0 N–H and O–H groups in total. The third-order valence-electron chi connectivity index (χ3n) is 2.32. The van der Waals surface area contributed by atoms with Crippen LogP contribution in [0.5, 0.6) is 0 Å². The molecule has 0 amide bonds. The molecule has 2 heterocycles. The average Bonchev–Trinajstić information content (AvgIpc) is 2.61. The first-order chi connectivity index (χ1) is 7.27. The van der Waals surface area contributed by atoms with Crippen molar-refractivity contribution < 1.29 is 0 Å². The molecule has 15 heavy (non-hydrogen) atoms. The molecule has 0 aliphatic rings. The number of benzene rings is 1. The van der Waals surface area contributed by atoms with E-state index in [4.69, 9.17) is 0 Å². The molecule has 0 aliphatic heterocycles. The second-order valence-electron chi connectivity index (χ2n) is 3.27. The van der Waals surface area contributed by atoms with Crippen LogP contribution in [0, 0.1) is 6.92 Å². The van der Waals surface area contributed by atoms with E-state index in [0.29, 0.717) is 10.8 Å². The van der Waals surface area contributed by atoms with Gasteiger partial charge in [0.25, 0.3) is 5.56 Å². The molecule has 0 unspecified atom stereocenters. The molecule has 0 atom stereocenters. The lowest BCUT2D eigenvalue weighted by Gasteiger charge is -1.96. The van der Waals surface area contributed by atoms with Gasteiger partial charge in [-0.05, 0) is 19.1 Å². The zero-order chi connectivity index (χ0) is 10.4. The maximum atomic E-state index is 12.1. The number of hydrogen-bond donors (Lipinski definition) is 0. The first-order valence-electron chi connectivity index (χ1n) is 4.51. The molecule has 1 aromatic carbocycles. The van der Waals surface area contributed by atoms with Crippen molar-refractivity contribution in [2.45, 2.75) is 6.92 Å². The fraction of sp³-hybridized carbons (Fsp3) is 0.100. The van der Waals surface area contributed by atoms with Gasteiger partial charge in [0.05, 0.1) is 5.39 Å². The van der Waals surface area contributed by atoms with E-state index in [2.05, 4.69) is 10.2 Å². The summed E-state index contributed by atoms with van der Waals surface area (Å²) in [7, 11) is 0. The number of fused-ring (bicyclic) bond motifs is 2. The molecule has 0 bridgehead atoms. The summed E-state index contributed by atoms with van der Waals surface area (Å²) < 4.78 is 2.50. The van der Waals surface area contributed by atoms with Crippen LogP contribution in [0.1, 0.15) is 5.82 Å². The Hall–Kier alpha value is -1.75. The van der Waals surface area contributed by atoms with Crippen LogP contribution in [0.4, 0.5) is 0 Å². The highest BCUT2D eigenvalue weighted by Crippen LogP contribution is 2.18. The summed E-state index contributed by atoms with van der Waals surface area (Å²) in [5.41, 5.74) is -0.0400. The molecule has 0 fully saturated rings. The quantitative estimate of drug-likeness (QED) is 0.574. The molecule has 0 aliphatic carbocycles. The van der Waals surface area contributed by atoms with Gasteiger partial charge in [-0.3, -0.25) is 4.79 Å². The fourth-order valence-corrected chi connectivity index (χ4v) is 2.59. The van der Waals surface area contributed by atoms with E-state index in [0.717, 1.165) is 10.1 Å². The Morgan fingerprint density at radius 2 is 2.07 bits per heavy atom. The summed E-state index contributed by atoms with van der Waals surface area (Å²) >= 11 is 1.48. The second-order valence-corrected chi connectivity index (χ2v) is 4.28. The summed E-state index contributed by atoms with van der Waals surface area (Å²) in [5, 5.41) is 8.58. The van der Waals surface area contributed by atoms with Crippen LogP contribution in [0.3, 0.4) is 0 Å². The molecule has 0 spiro atoms. The predicted octanol–water partition coefficient (Wildman–Crippen LogP) is 1.61. The lowest BCUT2D eigenvalue weighted by atomic mass is 10.3. The van der Waals surface area contributed by atoms with Crippen LogP contribution in [0.2, 0.25) is 0 Å². The van der Waals surface area contributed by atoms with Crippen molar-refractivity contribution in [3.05, 3.63) is 40.4 Å². The Balaban J connectivity index is 2.69. The summed E-state index contributed by atoms with van der Waals surface area (Å²) in [5.74, 6) is 0.636. The summed E-state index contributed by atoms with van der Waals surface area (Å²) in [6.07, 6.45) is 0. The van der Waals surface area contributed by atoms with Crippen LogP contribution in [0.25, 0.3) is 15.0 Å². The van der Waals surface area contributed by atoms with E-state index in [1.54, 1.807) is 11.3 Å². The number of nitrogens with zero attached hydrogens (tertiary/aromatic N) is 3. The molecule has 2 aromatic heterocycles. The number of aryl methyl sites for hydroxylation is 1. The van der Waals surface area contributed by atoms with Gasteiger partial charge in [0.2, 0.25) is 4.96 Å². The van der Waals surface area contributed by atoms with Crippen LogP contribution < -0.4 is 5.56 Å². The minimum Gasteiger partial charge on any atom is -0.268 e. The number of aromatic nitrogens is 3. The molecular weight excluding hydrogens is 210 g/mol. The van der Waals surface area contributed by atoms with Gasteiger partial charge in [-0.2, -0.15) is 0 Å². The Morgan fingerprint density at radius 3 is 2.93 bits per heavy atom. The first kappa shape index (κ1) is 8.55. The maximum absolute atomic E-state index is 12.1. The third-order valence-corrected chi connectivity index (χ3v) is 3.34. The zero-order valence-electron chi connectivity index (χ0n) is 7.97. The van der Waals surface area contributed by atoms with Crippen molar-refractivity contribution in [3.8, 4) is 0 Å². The molecule has 0 saturated carbocycles. The van der Waals surface area contributed by atoms with Gasteiger partial charge >= 0.3 is 0 Å². The van der Waals surface area contributed by atoms with Gasteiger partial charge in [-0.25, -0.2) is 4.40 Å². The smallest absolute Gasteiger partial charge is 0.267 e. The van der Waals surface area contributed by atoms with Crippen molar-refractivity contribution in [1.29, 1.82) is 0 Å². The predicted molar refractivity (Wildman–Crippen MR) is 59.4 cm³/mol. The number of hydrogen-bond acceptors (Lipinski definition) is 4. The van der Waals surface area contributed by atoms with E-state index < -0.39 is 0 Å². The highest BCUT2D eigenvalue weighted by molar-refractivity contribution is 7.23. The van der Waals surface area contributed by atoms with E-state index >= 15 is 0 Å². The first-order valence-corrected chi connectivity index (χ1v) is 5.32. The van der Waals surface area contributed by atoms with Gasteiger partial charge in [-0.15, -0.1) is 10.2 Å². The van der Waals surface area contributed by atoms with E-state index in [9.17, 15) is 4.79 Å². The van der Waals surface area contributed by atoms with E-state index in [1.807, 2.05) is 24.3 Å². The highest BCUT2D eigenvalue weighted by Gasteiger charge is 2.08. The summed E-state index contributed by atoms with van der Waals surface area (Å²) in [6.45, 7) is 1.78. The Labute approximate surface area is 88.8 Å². The van der Waals surface area contributed by atoms with Gasteiger partial charge in [0.15, 0.2) is 0 Å². The second kappa shape index (κ2) is 2.87. The molecule has 4 nitrogen and oxygen atoms in total. The molecule has 0 saturated heterocycles. The van der Waals surface area contributed by atoms with Gasteiger partial charge < -0.3 is 0 Å². The van der Waals surface area contributed by atoms with Crippen LogP contribution >= 0.6 is 11.3 Å². The standard InChI is InChI=1S/C10H7N3OS/c1-6-11-12-10-13(6)9(14)7-4-2-3-5-8(7)15-10/h2-5H,1H3. The van der Waals surface area contributed by atoms with Crippen molar-refractivity contribution in [3.63, 3.8) is 0 Å². The van der Waals surface area contributed by atoms with Crippen LogP contribution in [-0.4, -0.2) is 14.6 Å². The minimum absolute atomic E-state index is 0.0400. The fourth-order valence-electron chi connectivity index (χ4n) is 1.59. The van der Waals surface area contributed by atoms with Crippen molar-refractivity contribution >= 4 is 26.4 Å². The third kappa shape index (κ3) is 1.10. The van der Waals surface area contributed by atoms with E-state index in [1.165, 1.54) is 11.3 Å². The van der Waals surface area contributed by atoms with Crippen molar-refractivity contribution in [1.82, 2.24) is 14.6 Å². The molecule has 3 aromatic rings. The molecular formula is C10H7N3OS. The van der Waals surface area contributed by atoms with Crippen molar-refractivity contribution in [2.24, 2.45) is 0 Å². The largest absolute Gasteiger partial charge is 0.268 e. The Kier molecular flexibility index (Phi) is 1.63. The number of rotatable bonds is 0. The summed E-state index contributed by atoms with van der Waals surface area (Å²) in [6, 6.07) is 7.53. The van der Waals surface area contributed by atoms with Crippen LogP contribution in [-0.2, 0) is 0 Å². The lowest BCUT2D eigenvalue weighted by molar-refractivity contribution is 0.991. The maximum Gasteiger partial charge on any atom is 0.267 e. The van der Waals surface area contributed by atoms with Gasteiger partial charge in [0.1, 0.15) is 5.82 Å². The monoisotopic (exact) mass is 217 g/mol. The van der Waals surface area contributed by atoms with Crippen LogP contribution in [0.15, 0.2) is 29.1 Å². The average molecular weight is 217 g/mol. The highest BCUT2D eigenvalue weighted by atomic mass is 32.1. The van der Waals surface area contributed by atoms with Gasteiger partial charge in [-0.1, -0.05) is 23.5 Å². The van der Waals surface area contributed by atoms with Gasteiger partial charge in [0, 0.05) is 4.70 Å². The summed E-state index contributed by atoms with van der Waals surface area (Å²) in [4.78, 5) is 12.7. The SMILES string of the molecule is Cc1nnc2sc3ccccc3c(=O)n12. The lowest BCUT2D eigenvalue weighted by Crippen LogP contribution is -2.12. The minimum atomic E-state index is -0.0400. The van der Waals surface area contributed by atoms with Crippen molar-refractivity contribution in [2.75, 3.05) is 0 Å². The molecule has 74 valence electrons. The Morgan fingerprint density at radius 1 is 1.27 bits per heavy atom. The molecule has 0 radical (unpaired) electrons. The molecule has 3 rings (SSSR count). The Bertz CT molecular complexity index is 713. The zero-order valence-corrected chi connectivity index (χ0v) is 8.78. The van der Waals surface area contributed by atoms with E-state index in [-0.39, 0.29) is 5.56 Å².